The fourth-order valence-electron chi connectivity index (χ4n) is 2.57. The lowest BCUT2D eigenvalue weighted by Gasteiger charge is -2.17. The standard InChI is InChI=1S/C18H24ClN3O4S/c1-4-22(5-2)27(24,25)16-12-17(21(3)13-16)18(23)20-10-11-26-15-8-6-14(19)7-9-15/h6-9,12-13H,4-5,10-11H2,1-3H3,(H,20,23). The molecule has 0 saturated heterocycles. The van der Waals surface area contributed by atoms with E-state index in [0.29, 0.717) is 23.9 Å². The van der Waals surface area contributed by atoms with Gasteiger partial charge in [-0.1, -0.05) is 25.4 Å². The van der Waals surface area contributed by atoms with Crippen molar-refractivity contribution in [3.8, 4) is 5.75 Å². The first kappa shape index (κ1) is 21.3. The fourth-order valence-corrected chi connectivity index (χ4v) is 4.22. The number of benzene rings is 1. The second kappa shape index (κ2) is 9.25. The van der Waals surface area contributed by atoms with Crippen molar-refractivity contribution < 1.29 is 17.9 Å². The van der Waals surface area contributed by atoms with E-state index in [0.717, 1.165) is 0 Å². The minimum atomic E-state index is -3.60. The molecule has 1 aromatic carbocycles. The molecular weight excluding hydrogens is 390 g/mol. The van der Waals surface area contributed by atoms with Crippen LogP contribution in [-0.4, -0.2) is 49.4 Å². The van der Waals surface area contributed by atoms with Gasteiger partial charge in [0, 0.05) is 31.4 Å². The fraction of sp³-hybridized carbons (Fsp3) is 0.389. The van der Waals surface area contributed by atoms with E-state index in [1.807, 2.05) is 0 Å². The highest BCUT2D eigenvalue weighted by molar-refractivity contribution is 7.89. The molecule has 148 valence electrons. The number of aromatic nitrogens is 1. The number of halogens is 1. The minimum absolute atomic E-state index is 0.108. The zero-order valence-electron chi connectivity index (χ0n) is 15.6. The Morgan fingerprint density at radius 3 is 2.44 bits per heavy atom. The number of hydrogen-bond donors (Lipinski definition) is 1. The Morgan fingerprint density at radius 1 is 1.22 bits per heavy atom. The van der Waals surface area contributed by atoms with Crippen molar-refractivity contribution in [3.63, 3.8) is 0 Å². The van der Waals surface area contributed by atoms with Crippen LogP contribution in [0.4, 0.5) is 0 Å². The highest BCUT2D eigenvalue weighted by Gasteiger charge is 2.25. The first-order chi connectivity index (χ1) is 12.8. The monoisotopic (exact) mass is 413 g/mol. The summed E-state index contributed by atoms with van der Waals surface area (Å²) in [6.45, 7) is 4.86. The summed E-state index contributed by atoms with van der Waals surface area (Å²) in [4.78, 5) is 12.5. The molecule has 0 aliphatic carbocycles. The van der Waals surface area contributed by atoms with Gasteiger partial charge < -0.3 is 14.6 Å². The maximum Gasteiger partial charge on any atom is 0.268 e. The summed E-state index contributed by atoms with van der Waals surface area (Å²) in [7, 11) is -1.96. The molecule has 0 aliphatic rings. The summed E-state index contributed by atoms with van der Waals surface area (Å²) in [6, 6.07) is 8.31. The molecule has 1 heterocycles. The molecule has 2 rings (SSSR count). The van der Waals surface area contributed by atoms with Crippen molar-refractivity contribution >= 4 is 27.5 Å². The van der Waals surface area contributed by atoms with Gasteiger partial charge in [-0.05, 0) is 30.3 Å². The highest BCUT2D eigenvalue weighted by Crippen LogP contribution is 2.18. The quantitative estimate of drug-likeness (QED) is 0.640. The smallest absolute Gasteiger partial charge is 0.268 e. The average molecular weight is 414 g/mol. The van der Waals surface area contributed by atoms with E-state index >= 15 is 0 Å². The van der Waals surface area contributed by atoms with Crippen LogP contribution in [0, 0.1) is 0 Å². The van der Waals surface area contributed by atoms with Crippen LogP contribution in [0.3, 0.4) is 0 Å². The van der Waals surface area contributed by atoms with Crippen molar-refractivity contribution in [2.75, 3.05) is 26.2 Å². The van der Waals surface area contributed by atoms with Gasteiger partial charge in [-0.15, -0.1) is 0 Å². The Bertz CT molecular complexity index is 875. The molecule has 0 atom stereocenters. The number of amides is 1. The largest absolute Gasteiger partial charge is 0.492 e. The Balaban J connectivity index is 1.96. The van der Waals surface area contributed by atoms with Crippen LogP contribution in [0.1, 0.15) is 24.3 Å². The normalized spacial score (nSPS) is 11.6. The number of carbonyl (C=O) groups excluding carboxylic acids is 1. The third kappa shape index (κ3) is 5.24. The second-order valence-electron chi connectivity index (χ2n) is 5.82. The highest BCUT2D eigenvalue weighted by atomic mass is 35.5. The Labute approximate surface area is 164 Å². The second-order valence-corrected chi connectivity index (χ2v) is 8.19. The number of ether oxygens (including phenoxy) is 1. The van der Waals surface area contributed by atoms with E-state index in [1.165, 1.54) is 21.1 Å². The van der Waals surface area contributed by atoms with Crippen LogP contribution in [0.25, 0.3) is 0 Å². The molecule has 1 amide bonds. The maximum absolute atomic E-state index is 12.6. The first-order valence-electron chi connectivity index (χ1n) is 8.62. The van der Waals surface area contributed by atoms with E-state index in [9.17, 15) is 13.2 Å². The van der Waals surface area contributed by atoms with Crippen molar-refractivity contribution in [2.24, 2.45) is 7.05 Å². The Kier molecular flexibility index (Phi) is 7.29. The average Bonchev–Trinajstić information content (AvgIpc) is 3.03. The third-order valence-corrected chi connectivity index (χ3v) is 6.29. The summed E-state index contributed by atoms with van der Waals surface area (Å²) >= 11 is 5.81. The lowest BCUT2D eigenvalue weighted by Crippen LogP contribution is -2.30. The Hall–Kier alpha value is -2.03. The summed E-state index contributed by atoms with van der Waals surface area (Å²) in [5, 5.41) is 3.34. The van der Waals surface area contributed by atoms with E-state index in [2.05, 4.69) is 5.32 Å². The third-order valence-electron chi connectivity index (χ3n) is 4.03. The number of carbonyl (C=O) groups is 1. The molecule has 2 aromatic rings. The van der Waals surface area contributed by atoms with Crippen LogP contribution in [0.2, 0.25) is 5.02 Å². The lowest BCUT2D eigenvalue weighted by atomic mass is 10.3. The van der Waals surface area contributed by atoms with Crippen LogP contribution < -0.4 is 10.1 Å². The van der Waals surface area contributed by atoms with Gasteiger partial charge in [0.15, 0.2) is 0 Å². The zero-order chi connectivity index (χ0) is 20.0. The number of hydrogen-bond acceptors (Lipinski definition) is 4. The molecule has 1 aromatic heterocycles. The van der Waals surface area contributed by atoms with E-state index in [4.69, 9.17) is 16.3 Å². The number of sulfonamides is 1. The van der Waals surface area contributed by atoms with Gasteiger partial charge >= 0.3 is 0 Å². The van der Waals surface area contributed by atoms with Crippen molar-refractivity contribution in [1.82, 2.24) is 14.2 Å². The van der Waals surface area contributed by atoms with Gasteiger partial charge in [0.25, 0.3) is 5.91 Å². The van der Waals surface area contributed by atoms with E-state index in [1.54, 1.807) is 45.2 Å². The van der Waals surface area contributed by atoms with Crippen molar-refractivity contribution in [2.45, 2.75) is 18.7 Å². The van der Waals surface area contributed by atoms with Gasteiger partial charge in [-0.3, -0.25) is 4.79 Å². The first-order valence-corrected chi connectivity index (χ1v) is 10.4. The minimum Gasteiger partial charge on any atom is -0.492 e. The van der Waals surface area contributed by atoms with Gasteiger partial charge in [0.2, 0.25) is 10.0 Å². The molecular formula is C18H24ClN3O4S. The molecule has 0 spiro atoms. The van der Waals surface area contributed by atoms with Crippen LogP contribution in [-0.2, 0) is 17.1 Å². The van der Waals surface area contributed by atoms with Crippen LogP contribution >= 0.6 is 11.6 Å². The summed E-state index contributed by atoms with van der Waals surface area (Å²) in [5.74, 6) is 0.290. The lowest BCUT2D eigenvalue weighted by molar-refractivity contribution is 0.0939. The van der Waals surface area contributed by atoms with E-state index < -0.39 is 10.0 Å². The van der Waals surface area contributed by atoms with Gasteiger partial charge in [-0.2, -0.15) is 4.31 Å². The molecule has 0 aliphatic heterocycles. The molecule has 1 N–H and O–H groups in total. The number of aryl methyl sites for hydroxylation is 1. The van der Waals surface area contributed by atoms with Crippen molar-refractivity contribution in [1.29, 1.82) is 0 Å². The molecule has 9 heteroatoms. The summed E-state index contributed by atoms with van der Waals surface area (Å²) in [6.07, 6.45) is 1.45. The molecule has 0 saturated carbocycles. The van der Waals surface area contributed by atoms with Gasteiger partial charge in [-0.25, -0.2) is 8.42 Å². The molecule has 0 fully saturated rings. The molecule has 0 bridgehead atoms. The van der Waals surface area contributed by atoms with E-state index in [-0.39, 0.29) is 29.6 Å². The summed E-state index contributed by atoms with van der Waals surface area (Å²) < 4.78 is 33.5. The van der Waals surface area contributed by atoms with Gasteiger partial charge in [0.05, 0.1) is 6.54 Å². The zero-order valence-corrected chi connectivity index (χ0v) is 17.2. The predicted molar refractivity (Wildman–Crippen MR) is 105 cm³/mol. The molecule has 0 radical (unpaired) electrons. The molecule has 27 heavy (non-hydrogen) atoms. The number of nitrogens with zero attached hydrogens (tertiary/aromatic N) is 2. The Morgan fingerprint density at radius 2 is 1.85 bits per heavy atom. The topological polar surface area (TPSA) is 80.6 Å². The van der Waals surface area contributed by atoms with Crippen molar-refractivity contribution in [3.05, 3.63) is 47.2 Å². The van der Waals surface area contributed by atoms with Gasteiger partial charge in [0.1, 0.15) is 22.9 Å². The maximum atomic E-state index is 12.6. The molecule has 7 nitrogen and oxygen atoms in total. The van der Waals surface area contributed by atoms with Crippen LogP contribution in [0.5, 0.6) is 5.75 Å². The number of nitrogens with one attached hydrogen (secondary N) is 1. The SMILES string of the molecule is CCN(CC)S(=O)(=O)c1cc(C(=O)NCCOc2ccc(Cl)cc2)n(C)c1. The molecule has 0 unspecified atom stereocenters. The van der Waals surface area contributed by atoms with Crippen LogP contribution in [0.15, 0.2) is 41.4 Å². The summed E-state index contributed by atoms with van der Waals surface area (Å²) in [5.41, 5.74) is 0.271. The predicted octanol–water partition coefficient (Wildman–Crippen LogP) is 2.52. The number of rotatable bonds is 9.